The number of aromatic amines is 1. The topological polar surface area (TPSA) is 239 Å². The molecule has 7 rings (SSSR count). The van der Waals surface area contributed by atoms with Gasteiger partial charge in [0.05, 0.1) is 42.9 Å². The zero-order valence-electron chi connectivity index (χ0n) is 37.8. The highest BCUT2D eigenvalue weighted by Gasteiger charge is 2.24. The standard InChI is InChI=1S/C46H54N14O6/c1-9-28(49-41(61)26-12-14-35(37(20-26)65-7)51-45-47-23-31-39(53-45)33(10-2)55-56-43(31)63)22-30(58(4)5)25-60-44(64)32-24-48-46(54-40(32)34(11-3)57-60)52-36-15-13-27(21-38(36)66-8)42(62)50-29-16-18-59(6)19-17-29/h10-15,20-21,23-24,28-30H,2-3,9,16-19,22,25H2,1,4-8H3,(H,49,61)(H,50,62)(H,56,63)(H,47,51,53)(H,48,52,54). The van der Waals surface area contributed by atoms with Crippen molar-refractivity contribution in [3.05, 3.63) is 105 Å². The summed E-state index contributed by atoms with van der Waals surface area (Å²) in [6, 6.07) is 9.66. The van der Waals surface area contributed by atoms with Crippen molar-refractivity contribution in [2.75, 3.05) is 59.1 Å². The number of likely N-dealkylation sites (N-methyl/N-ethyl adjacent to an activating group) is 1. The van der Waals surface area contributed by atoms with Crippen LogP contribution in [0.2, 0.25) is 0 Å². The number of piperidine rings is 1. The van der Waals surface area contributed by atoms with E-state index in [1.165, 1.54) is 43.4 Å². The monoisotopic (exact) mass is 898 g/mol. The SMILES string of the molecule is C=Cc1n[nH]c(=O)c2cnc(Nc3ccc(C(=O)NC(CC)CC(Cn4nc(C=C)c5nc(Nc6ccc(C(=O)NC7CCN(C)CC7)cc6OC)ncc5c4=O)N(C)C)cc3OC)nc12. The second-order valence-corrected chi connectivity index (χ2v) is 16.2. The molecule has 0 radical (unpaired) electrons. The van der Waals surface area contributed by atoms with Crippen molar-refractivity contribution in [2.24, 2.45) is 0 Å². The van der Waals surface area contributed by atoms with E-state index in [0.717, 1.165) is 25.9 Å². The van der Waals surface area contributed by atoms with Crippen molar-refractivity contribution in [1.82, 2.24) is 60.3 Å². The number of carbonyl (C=O) groups excluding carboxylic acids is 2. The van der Waals surface area contributed by atoms with E-state index in [0.29, 0.717) is 69.3 Å². The Morgan fingerprint density at radius 3 is 2.02 bits per heavy atom. The fourth-order valence-corrected chi connectivity index (χ4v) is 7.69. The molecule has 5 N–H and O–H groups in total. The summed E-state index contributed by atoms with van der Waals surface area (Å²) in [5, 5.41) is 24.1. The number of benzene rings is 2. The molecule has 5 heterocycles. The Labute approximate surface area is 380 Å². The number of nitrogens with one attached hydrogen (secondary N) is 5. The number of ether oxygens (including phenoxy) is 2. The molecule has 66 heavy (non-hydrogen) atoms. The Morgan fingerprint density at radius 1 is 0.879 bits per heavy atom. The van der Waals surface area contributed by atoms with E-state index in [-0.39, 0.29) is 64.7 Å². The normalized spacial score (nSPS) is 14.1. The predicted molar refractivity (Wildman–Crippen MR) is 254 cm³/mol. The molecule has 20 nitrogen and oxygen atoms in total. The van der Waals surface area contributed by atoms with Crippen LogP contribution in [-0.2, 0) is 6.54 Å². The van der Waals surface area contributed by atoms with Crippen molar-refractivity contribution in [1.29, 1.82) is 0 Å². The lowest BCUT2D eigenvalue weighted by molar-refractivity contribution is 0.0911. The van der Waals surface area contributed by atoms with Crippen LogP contribution in [0.1, 0.15) is 64.7 Å². The number of H-pyrrole nitrogens is 1. The van der Waals surface area contributed by atoms with E-state index in [2.05, 4.69) is 81.6 Å². The lowest BCUT2D eigenvalue weighted by atomic mass is 10.0. The van der Waals surface area contributed by atoms with Gasteiger partial charge in [-0.15, -0.1) is 0 Å². The maximum Gasteiger partial charge on any atom is 0.277 e. The summed E-state index contributed by atoms with van der Waals surface area (Å²) in [4.78, 5) is 75.1. The van der Waals surface area contributed by atoms with Crippen LogP contribution in [0.3, 0.4) is 0 Å². The molecular weight excluding hydrogens is 845 g/mol. The summed E-state index contributed by atoms with van der Waals surface area (Å²) < 4.78 is 12.6. The number of anilines is 4. The Kier molecular flexibility index (Phi) is 14.4. The van der Waals surface area contributed by atoms with Gasteiger partial charge in [-0.3, -0.25) is 19.2 Å². The van der Waals surface area contributed by atoms with E-state index in [4.69, 9.17) is 9.47 Å². The third-order valence-electron chi connectivity index (χ3n) is 11.6. The van der Waals surface area contributed by atoms with Gasteiger partial charge in [0.25, 0.3) is 22.9 Å². The van der Waals surface area contributed by atoms with Gasteiger partial charge >= 0.3 is 0 Å². The average Bonchev–Trinajstić information content (AvgIpc) is 3.32. The van der Waals surface area contributed by atoms with Crippen molar-refractivity contribution >= 4 is 69.0 Å². The fourth-order valence-electron chi connectivity index (χ4n) is 7.69. The Bertz CT molecular complexity index is 2910. The first kappa shape index (κ1) is 46.4. The molecule has 2 atom stereocenters. The fraction of sp³-hybridized carbons (Fsp3) is 0.348. The molecule has 1 aliphatic rings. The van der Waals surface area contributed by atoms with Gasteiger partial charge in [0.2, 0.25) is 11.9 Å². The van der Waals surface area contributed by atoms with Gasteiger partial charge in [0.1, 0.15) is 33.9 Å². The molecule has 0 aliphatic carbocycles. The maximum absolute atomic E-state index is 14.0. The number of fused-ring (bicyclic) bond motifs is 2. The van der Waals surface area contributed by atoms with Crippen LogP contribution in [0.15, 0.2) is 71.5 Å². The third-order valence-corrected chi connectivity index (χ3v) is 11.6. The van der Waals surface area contributed by atoms with Gasteiger partial charge in [-0.25, -0.2) is 29.7 Å². The second-order valence-electron chi connectivity index (χ2n) is 16.2. The first-order valence-electron chi connectivity index (χ1n) is 21.5. The minimum absolute atomic E-state index is 0.115. The minimum Gasteiger partial charge on any atom is -0.495 e. The average molecular weight is 899 g/mol. The number of amides is 2. The molecule has 1 fully saturated rings. The smallest absolute Gasteiger partial charge is 0.277 e. The highest BCUT2D eigenvalue weighted by Crippen LogP contribution is 2.30. The molecule has 0 spiro atoms. The zero-order chi connectivity index (χ0) is 47.1. The lowest BCUT2D eigenvalue weighted by Gasteiger charge is -2.29. The molecule has 20 heteroatoms. The summed E-state index contributed by atoms with van der Waals surface area (Å²) in [6.07, 6.45) is 8.76. The number of hydrogen-bond donors (Lipinski definition) is 5. The number of hydrogen-bond acceptors (Lipinski definition) is 16. The van der Waals surface area contributed by atoms with Crippen molar-refractivity contribution in [2.45, 2.75) is 57.3 Å². The molecule has 4 aromatic heterocycles. The largest absolute Gasteiger partial charge is 0.495 e. The van der Waals surface area contributed by atoms with Crippen molar-refractivity contribution < 1.29 is 19.1 Å². The molecule has 2 aromatic carbocycles. The first-order chi connectivity index (χ1) is 31.8. The molecule has 344 valence electrons. The van der Waals surface area contributed by atoms with Crippen LogP contribution in [0.5, 0.6) is 11.5 Å². The lowest BCUT2D eigenvalue weighted by Crippen LogP contribution is -2.44. The highest BCUT2D eigenvalue weighted by atomic mass is 16.5. The van der Waals surface area contributed by atoms with Gasteiger partial charge in [-0.2, -0.15) is 10.2 Å². The molecule has 2 unspecified atom stereocenters. The molecule has 0 saturated carbocycles. The van der Waals surface area contributed by atoms with E-state index in [9.17, 15) is 19.2 Å². The van der Waals surface area contributed by atoms with Gasteiger partial charge in [-0.05, 0) is 108 Å². The second kappa shape index (κ2) is 20.5. The highest BCUT2D eigenvalue weighted by molar-refractivity contribution is 5.96. The van der Waals surface area contributed by atoms with Crippen LogP contribution in [0.4, 0.5) is 23.3 Å². The quantitative estimate of drug-likeness (QED) is 0.0806. The van der Waals surface area contributed by atoms with Gasteiger partial charge in [-0.1, -0.05) is 20.1 Å². The Balaban J connectivity index is 1.03. The van der Waals surface area contributed by atoms with Crippen LogP contribution in [0, 0.1) is 0 Å². The number of rotatable bonds is 18. The predicted octanol–water partition coefficient (Wildman–Crippen LogP) is 4.36. The van der Waals surface area contributed by atoms with Gasteiger partial charge < -0.3 is 40.5 Å². The number of likely N-dealkylation sites (tertiary alicyclic amines) is 1. The first-order valence-corrected chi connectivity index (χ1v) is 21.5. The Hall–Kier alpha value is -7.58. The summed E-state index contributed by atoms with van der Waals surface area (Å²) >= 11 is 0. The molecule has 2 amide bonds. The summed E-state index contributed by atoms with van der Waals surface area (Å²) in [7, 11) is 8.90. The number of carbonyl (C=O) groups is 2. The van der Waals surface area contributed by atoms with Crippen LogP contribution >= 0.6 is 0 Å². The number of methoxy groups -OCH3 is 2. The maximum atomic E-state index is 14.0. The van der Waals surface area contributed by atoms with Crippen molar-refractivity contribution in [3.8, 4) is 11.5 Å². The molecular formula is C46H54N14O6. The molecule has 6 aromatic rings. The Morgan fingerprint density at radius 2 is 1.45 bits per heavy atom. The number of aromatic nitrogens is 8. The molecule has 1 saturated heterocycles. The van der Waals surface area contributed by atoms with E-state index < -0.39 is 5.56 Å². The van der Waals surface area contributed by atoms with Crippen LogP contribution < -0.4 is 41.9 Å². The van der Waals surface area contributed by atoms with E-state index in [1.807, 2.05) is 25.9 Å². The molecule has 1 aliphatic heterocycles. The minimum atomic E-state index is -0.426. The number of nitrogens with zero attached hydrogens (tertiary/aromatic N) is 9. The van der Waals surface area contributed by atoms with Crippen LogP contribution in [-0.4, -0.2) is 128 Å². The van der Waals surface area contributed by atoms with Gasteiger partial charge in [0.15, 0.2) is 0 Å². The van der Waals surface area contributed by atoms with E-state index >= 15 is 0 Å². The molecule has 0 bridgehead atoms. The summed E-state index contributed by atoms with van der Waals surface area (Å²) in [5.41, 5.74) is 2.46. The summed E-state index contributed by atoms with van der Waals surface area (Å²) in [6.45, 7) is 11.7. The van der Waals surface area contributed by atoms with Crippen LogP contribution in [0.25, 0.3) is 34.0 Å². The summed E-state index contributed by atoms with van der Waals surface area (Å²) in [5.74, 6) is 0.683. The van der Waals surface area contributed by atoms with Crippen molar-refractivity contribution in [3.63, 3.8) is 0 Å². The van der Waals surface area contributed by atoms with Gasteiger partial charge in [0, 0.05) is 41.6 Å². The zero-order valence-corrected chi connectivity index (χ0v) is 37.8. The van der Waals surface area contributed by atoms with E-state index in [1.54, 1.807) is 36.4 Å². The third kappa shape index (κ3) is 10.3.